The molecule has 2 aromatic carbocycles. The number of nitro benzene ring substituents is 1. The van der Waals surface area contributed by atoms with Crippen LogP contribution in [0.2, 0.25) is 0 Å². The molecule has 0 atom stereocenters. The highest BCUT2D eigenvalue weighted by molar-refractivity contribution is 6.05. The Morgan fingerprint density at radius 3 is 2.39 bits per heavy atom. The molecule has 1 aliphatic heterocycles. The highest BCUT2D eigenvalue weighted by atomic mass is 16.6. The first-order valence-electron chi connectivity index (χ1n) is 10.5. The summed E-state index contributed by atoms with van der Waals surface area (Å²) in [6, 6.07) is 12.0. The van der Waals surface area contributed by atoms with E-state index in [1.165, 1.54) is 6.07 Å². The Hall–Kier alpha value is -3.42. The number of hydrogen-bond acceptors (Lipinski definition) is 6. The minimum Gasteiger partial charge on any atom is -0.466 e. The molecule has 0 unspecified atom stereocenters. The zero-order chi connectivity index (χ0) is 22.4. The van der Waals surface area contributed by atoms with Gasteiger partial charge in [0.25, 0.3) is 11.6 Å². The Kier molecular flexibility index (Phi) is 7.23. The van der Waals surface area contributed by atoms with Gasteiger partial charge in [0.1, 0.15) is 5.69 Å². The third kappa shape index (κ3) is 5.39. The standard InChI is InChI=1S/C23H27N3O5/c1-3-16-5-8-19(9-6-16)24-22(27)18-7-10-20(21(15-18)26(29)30)25-13-11-17(12-14-25)23(28)31-4-2/h5-10,15,17H,3-4,11-14H2,1-2H3,(H,24,27). The van der Waals surface area contributed by atoms with E-state index in [1.807, 2.05) is 36.1 Å². The molecule has 1 N–H and O–H groups in total. The molecule has 0 saturated carbocycles. The number of piperidine rings is 1. The zero-order valence-electron chi connectivity index (χ0n) is 17.8. The van der Waals surface area contributed by atoms with Crippen LogP contribution in [-0.4, -0.2) is 36.5 Å². The predicted octanol–water partition coefficient (Wildman–Crippen LogP) is 4.19. The lowest BCUT2D eigenvalue weighted by atomic mass is 9.96. The van der Waals surface area contributed by atoms with E-state index in [9.17, 15) is 19.7 Å². The second kappa shape index (κ2) is 10.1. The van der Waals surface area contributed by atoms with Gasteiger partial charge in [0.2, 0.25) is 0 Å². The molecule has 1 saturated heterocycles. The lowest BCUT2D eigenvalue weighted by Crippen LogP contribution is -2.37. The number of aryl methyl sites for hydroxylation is 1. The number of benzene rings is 2. The van der Waals surface area contributed by atoms with Gasteiger partial charge >= 0.3 is 5.97 Å². The number of amides is 1. The van der Waals surface area contributed by atoms with Crippen LogP contribution in [0.3, 0.4) is 0 Å². The van der Waals surface area contributed by atoms with Gasteiger partial charge in [0.05, 0.1) is 17.4 Å². The number of esters is 1. The summed E-state index contributed by atoms with van der Waals surface area (Å²) >= 11 is 0. The van der Waals surface area contributed by atoms with Crippen molar-refractivity contribution in [2.24, 2.45) is 5.92 Å². The summed E-state index contributed by atoms with van der Waals surface area (Å²) < 4.78 is 5.08. The summed E-state index contributed by atoms with van der Waals surface area (Å²) in [5, 5.41) is 14.5. The average molecular weight is 425 g/mol. The van der Waals surface area contributed by atoms with Crippen LogP contribution in [0.1, 0.15) is 42.6 Å². The average Bonchev–Trinajstić information content (AvgIpc) is 2.79. The number of nitrogens with one attached hydrogen (secondary N) is 1. The molecule has 1 heterocycles. The largest absolute Gasteiger partial charge is 0.466 e. The van der Waals surface area contributed by atoms with Gasteiger partial charge in [-0.2, -0.15) is 0 Å². The Balaban J connectivity index is 1.73. The van der Waals surface area contributed by atoms with Crippen LogP contribution >= 0.6 is 0 Å². The molecule has 1 aliphatic rings. The number of nitro groups is 1. The Morgan fingerprint density at radius 1 is 1.13 bits per heavy atom. The fourth-order valence-corrected chi connectivity index (χ4v) is 3.72. The third-order valence-electron chi connectivity index (χ3n) is 5.51. The number of rotatable bonds is 7. The Bertz CT molecular complexity index is 950. The number of anilines is 2. The van der Waals surface area contributed by atoms with E-state index in [-0.39, 0.29) is 23.1 Å². The topological polar surface area (TPSA) is 102 Å². The summed E-state index contributed by atoms with van der Waals surface area (Å²) in [6.07, 6.45) is 2.05. The fourth-order valence-electron chi connectivity index (χ4n) is 3.72. The van der Waals surface area contributed by atoms with Crippen molar-refractivity contribution in [2.45, 2.75) is 33.1 Å². The highest BCUT2D eigenvalue weighted by Crippen LogP contribution is 2.33. The van der Waals surface area contributed by atoms with Crippen molar-refractivity contribution in [1.29, 1.82) is 0 Å². The lowest BCUT2D eigenvalue weighted by molar-refractivity contribution is -0.384. The first-order valence-corrected chi connectivity index (χ1v) is 10.5. The summed E-state index contributed by atoms with van der Waals surface area (Å²) in [5.41, 5.74) is 2.34. The minimum atomic E-state index is -0.473. The van der Waals surface area contributed by atoms with Crippen molar-refractivity contribution < 1.29 is 19.2 Å². The van der Waals surface area contributed by atoms with Gasteiger partial charge in [0.15, 0.2) is 0 Å². The summed E-state index contributed by atoms with van der Waals surface area (Å²) in [6.45, 7) is 5.19. The van der Waals surface area contributed by atoms with Crippen LogP contribution in [0.15, 0.2) is 42.5 Å². The van der Waals surface area contributed by atoms with Crippen LogP contribution in [0.25, 0.3) is 0 Å². The maximum Gasteiger partial charge on any atom is 0.309 e. The maximum absolute atomic E-state index is 12.6. The molecule has 0 bridgehead atoms. The molecule has 1 fully saturated rings. The zero-order valence-corrected chi connectivity index (χ0v) is 17.8. The molecule has 8 nitrogen and oxygen atoms in total. The van der Waals surface area contributed by atoms with Crippen LogP contribution in [0.5, 0.6) is 0 Å². The van der Waals surface area contributed by atoms with Crippen molar-refractivity contribution in [2.75, 3.05) is 29.9 Å². The molecule has 0 spiro atoms. The second-order valence-corrected chi connectivity index (χ2v) is 7.48. The first-order chi connectivity index (χ1) is 14.9. The van der Waals surface area contributed by atoms with Crippen molar-refractivity contribution in [3.05, 3.63) is 63.7 Å². The predicted molar refractivity (Wildman–Crippen MR) is 118 cm³/mol. The van der Waals surface area contributed by atoms with Gasteiger partial charge in [-0.15, -0.1) is 0 Å². The van der Waals surface area contributed by atoms with Gasteiger partial charge < -0.3 is 15.0 Å². The minimum absolute atomic E-state index is 0.122. The Morgan fingerprint density at radius 2 is 1.81 bits per heavy atom. The van der Waals surface area contributed by atoms with E-state index >= 15 is 0 Å². The summed E-state index contributed by atoms with van der Waals surface area (Å²) in [4.78, 5) is 37.7. The summed E-state index contributed by atoms with van der Waals surface area (Å²) in [7, 11) is 0. The van der Waals surface area contributed by atoms with Crippen molar-refractivity contribution in [3.8, 4) is 0 Å². The van der Waals surface area contributed by atoms with Crippen LogP contribution in [0, 0.1) is 16.0 Å². The summed E-state index contributed by atoms with van der Waals surface area (Å²) in [5.74, 6) is -0.796. The van der Waals surface area contributed by atoms with Crippen molar-refractivity contribution >= 4 is 28.9 Å². The molecule has 3 rings (SSSR count). The normalized spacial score (nSPS) is 14.2. The van der Waals surface area contributed by atoms with Gasteiger partial charge in [0, 0.05) is 30.4 Å². The quantitative estimate of drug-likeness (QED) is 0.405. The van der Waals surface area contributed by atoms with Crippen molar-refractivity contribution in [1.82, 2.24) is 0 Å². The highest BCUT2D eigenvalue weighted by Gasteiger charge is 2.29. The number of nitrogens with zero attached hydrogens (tertiary/aromatic N) is 2. The van der Waals surface area contributed by atoms with E-state index in [4.69, 9.17) is 4.74 Å². The first kappa shape index (κ1) is 22.3. The van der Waals surface area contributed by atoms with Gasteiger partial charge in [-0.3, -0.25) is 19.7 Å². The van der Waals surface area contributed by atoms with Crippen LogP contribution in [-0.2, 0) is 16.0 Å². The van der Waals surface area contributed by atoms with E-state index in [0.29, 0.717) is 43.9 Å². The van der Waals surface area contributed by atoms with Crippen LogP contribution < -0.4 is 10.2 Å². The molecule has 1 amide bonds. The molecule has 0 radical (unpaired) electrons. The molecule has 164 valence electrons. The second-order valence-electron chi connectivity index (χ2n) is 7.48. The van der Waals surface area contributed by atoms with Gasteiger partial charge in [-0.05, 0) is 56.0 Å². The fraction of sp³-hybridized carbons (Fsp3) is 0.391. The number of carbonyl (C=O) groups excluding carboxylic acids is 2. The van der Waals surface area contributed by atoms with E-state index in [1.54, 1.807) is 19.1 Å². The molecular formula is C23H27N3O5. The van der Waals surface area contributed by atoms with Gasteiger partial charge in [-0.25, -0.2) is 0 Å². The molecular weight excluding hydrogens is 398 g/mol. The lowest BCUT2D eigenvalue weighted by Gasteiger charge is -2.32. The van der Waals surface area contributed by atoms with E-state index in [0.717, 1.165) is 12.0 Å². The number of ether oxygens (including phenoxy) is 1. The molecule has 0 aromatic heterocycles. The molecule has 0 aliphatic carbocycles. The molecule has 8 heteroatoms. The Labute approximate surface area is 181 Å². The molecule has 31 heavy (non-hydrogen) atoms. The molecule has 2 aromatic rings. The third-order valence-corrected chi connectivity index (χ3v) is 5.51. The van der Waals surface area contributed by atoms with Crippen molar-refractivity contribution in [3.63, 3.8) is 0 Å². The number of hydrogen-bond donors (Lipinski definition) is 1. The smallest absolute Gasteiger partial charge is 0.309 e. The van der Waals surface area contributed by atoms with Gasteiger partial charge in [-0.1, -0.05) is 19.1 Å². The number of carbonyl (C=O) groups is 2. The SMILES string of the molecule is CCOC(=O)C1CCN(c2ccc(C(=O)Nc3ccc(CC)cc3)cc2[N+](=O)[O-])CC1. The van der Waals surface area contributed by atoms with E-state index in [2.05, 4.69) is 5.32 Å². The maximum atomic E-state index is 12.6. The monoisotopic (exact) mass is 425 g/mol. The van der Waals surface area contributed by atoms with E-state index < -0.39 is 10.8 Å². The van der Waals surface area contributed by atoms with Crippen LogP contribution in [0.4, 0.5) is 17.1 Å².